The van der Waals surface area contributed by atoms with Gasteiger partial charge in [0, 0.05) is 36.3 Å². The average Bonchev–Trinajstić information content (AvgIpc) is 2.48. The molecule has 0 unspecified atom stereocenters. The normalized spacial score (nSPS) is 16.2. The second kappa shape index (κ2) is 7.64. The first-order valence-electron chi connectivity index (χ1n) is 7.23. The predicted octanol–water partition coefficient (Wildman–Crippen LogP) is 3.40. The summed E-state index contributed by atoms with van der Waals surface area (Å²) in [7, 11) is 0. The molecule has 0 atom stereocenters. The van der Waals surface area contributed by atoms with Crippen molar-refractivity contribution in [2.24, 2.45) is 0 Å². The largest absolute Gasteiger partial charge is 0.322 e. The van der Waals surface area contributed by atoms with Crippen LogP contribution in [0.1, 0.15) is 19.8 Å². The second-order valence-corrected chi connectivity index (χ2v) is 6.03. The van der Waals surface area contributed by atoms with Crippen molar-refractivity contribution in [2.75, 3.05) is 38.0 Å². The molecule has 1 N–H and O–H groups in total. The Kier molecular flexibility index (Phi) is 5.86. The molecule has 20 heavy (non-hydrogen) atoms. The van der Waals surface area contributed by atoms with Crippen molar-refractivity contribution in [3.05, 3.63) is 28.7 Å². The number of benzene rings is 1. The van der Waals surface area contributed by atoms with Crippen molar-refractivity contribution < 1.29 is 4.79 Å². The van der Waals surface area contributed by atoms with E-state index >= 15 is 0 Å². The molecule has 1 aromatic carbocycles. The van der Waals surface area contributed by atoms with Crippen molar-refractivity contribution in [1.29, 1.82) is 0 Å². The molecular formula is C15H22BrN3O. The summed E-state index contributed by atoms with van der Waals surface area (Å²) in [5.74, 6) is 0. The van der Waals surface area contributed by atoms with Crippen LogP contribution in [0, 0.1) is 0 Å². The fourth-order valence-corrected chi connectivity index (χ4v) is 2.56. The number of rotatable bonds is 4. The Hall–Kier alpha value is -1.07. The van der Waals surface area contributed by atoms with Gasteiger partial charge in [-0.2, -0.15) is 0 Å². The summed E-state index contributed by atoms with van der Waals surface area (Å²) >= 11 is 3.39. The molecule has 0 radical (unpaired) electrons. The highest BCUT2D eigenvalue weighted by atomic mass is 79.9. The minimum absolute atomic E-state index is 0.00228. The van der Waals surface area contributed by atoms with E-state index in [4.69, 9.17) is 0 Å². The standard InChI is InChI=1S/C15H22BrN3O/c1-2-3-8-18-9-11-19(12-10-18)15(20)17-14-6-4-13(16)5-7-14/h4-7H,2-3,8-12H2,1H3,(H,17,20). The first kappa shape index (κ1) is 15.3. The number of unbranched alkanes of at least 4 members (excludes halogenated alkanes) is 1. The maximum atomic E-state index is 12.2. The van der Waals surface area contributed by atoms with Gasteiger partial charge in [-0.25, -0.2) is 4.79 Å². The molecule has 0 saturated carbocycles. The van der Waals surface area contributed by atoms with E-state index < -0.39 is 0 Å². The Morgan fingerprint density at radius 3 is 2.45 bits per heavy atom. The van der Waals surface area contributed by atoms with Gasteiger partial charge >= 0.3 is 6.03 Å². The van der Waals surface area contributed by atoms with Gasteiger partial charge in [-0.05, 0) is 37.2 Å². The number of halogens is 1. The third-order valence-electron chi connectivity index (χ3n) is 3.58. The van der Waals surface area contributed by atoms with Gasteiger partial charge in [-0.1, -0.05) is 29.3 Å². The van der Waals surface area contributed by atoms with Gasteiger partial charge in [-0.3, -0.25) is 4.90 Å². The summed E-state index contributed by atoms with van der Waals surface area (Å²) in [6.45, 7) is 6.94. The molecule has 0 aromatic heterocycles. The molecule has 2 rings (SSSR count). The molecule has 0 aliphatic carbocycles. The number of nitrogens with zero attached hydrogens (tertiary/aromatic N) is 2. The summed E-state index contributed by atoms with van der Waals surface area (Å²) in [5, 5.41) is 2.94. The van der Waals surface area contributed by atoms with Gasteiger partial charge in [0.05, 0.1) is 0 Å². The van der Waals surface area contributed by atoms with Gasteiger partial charge in [0.25, 0.3) is 0 Å². The highest BCUT2D eigenvalue weighted by Gasteiger charge is 2.20. The smallest absolute Gasteiger partial charge is 0.321 e. The minimum atomic E-state index is 0.00228. The van der Waals surface area contributed by atoms with Crippen LogP contribution < -0.4 is 5.32 Å². The van der Waals surface area contributed by atoms with E-state index in [1.165, 1.54) is 12.8 Å². The lowest BCUT2D eigenvalue weighted by molar-refractivity contribution is 0.146. The van der Waals surface area contributed by atoms with E-state index in [0.29, 0.717) is 0 Å². The molecule has 0 spiro atoms. The lowest BCUT2D eigenvalue weighted by Gasteiger charge is -2.34. The van der Waals surface area contributed by atoms with E-state index in [1.54, 1.807) is 0 Å². The number of hydrogen-bond donors (Lipinski definition) is 1. The van der Waals surface area contributed by atoms with E-state index in [9.17, 15) is 4.79 Å². The SMILES string of the molecule is CCCCN1CCN(C(=O)Nc2ccc(Br)cc2)CC1. The molecule has 4 nitrogen and oxygen atoms in total. The highest BCUT2D eigenvalue weighted by Crippen LogP contribution is 2.15. The zero-order valence-corrected chi connectivity index (χ0v) is 13.5. The lowest BCUT2D eigenvalue weighted by Crippen LogP contribution is -2.50. The van der Waals surface area contributed by atoms with Crippen LogP contribution in [0.3, 0.4) is 0 Å². The maximum absolute atomic E-state index is 12.2. The number of nitrogens with one attached hydrogen (secondary N) is 1. The summed E-state index contributed by atoms with van der Waals surface area (Å²) < 4.78 is 1.01. The van der Waals surface area contributed by atoms with E-state index in [1.807, 2.05) is 29.2 Å². The summed E-state index contributed by atoms with van der Waals surface area (Å²) in [5.41, 5.74) is 0.839. The Bertz CT molecular complexity index is 427. The van der Waals surface area contributed by atoms with Crippen LogP contribution in [0.25, 0.3) is 0 Å². The first-order valence-corrected chi connectivity index (χ1v) is 8.02. The Balaban J connectivity index is 1.78. The number of anilines is 1. The second-order valence-electron chi connectivity index (χ2n) is 5.12. The van der Waals surface area contributed by atoms with Crippen LogP contribution in [0.5, 0.6) is 0 Å². The summed E-state index contributed by atoms with van der Waals surface area (Å²) in [6.07, 6.45) is 2.47. The topological polar surface area (TPSA) is 35.6 Å². The third kappa shape index (κ3) is 4.49. The molecule has 2 amide bonds. The van der Waals surface area contributed by atoms with E-state index in [0.717, 1.165) is 42.9 Å². The number of piperazine rings is 1. The highest BCUT2D eigenvalue weighted by molar-refractivity contribution is 9.10. The Morgan fingerprint density at radius 1 is 1.20 bits per heavy atom. The lowest BCUT2D eigenvalue weighted by atomic mass is 10.2. The third-order valence-corrected chi connectivity index (χ3v) is 4.11. The molecule has 1 saturated heterocycles. The molecule has 5 heteroatoms. The molecule has 1 aliphatic heterocycles. The maximum Gasteiger partial charge on any atom is 0.321 e. The number of carbonyl (C=O) groups is 1. The van der Waals surface area contributed by atoms with Crippen molar-refractivity contribution in [2.45, 2.75) is 19.8 Å². The molecule has 1 heterocycles. The number of carbonyl (C=O) groups excluding carboxylic acids is 1. The monoisotopic (exact) mass is 339 g/mol. The molecule has 0 bridgehead atoms. The fraction of sp³-hybridized carbons (Fsp3) is 0.533. The fourth-order valence-electron chi connectivity index (χ4n) is 2.29. The van der Waals surface area contributed by atoms with Crippen LogP contribution in [0.2, 0.25) is 0 Å². The minimum Gasteiger partial charge on any atom is -0.322 e. The summed E-state index contributed by atoms with van der Waals surface area (Å²) in [4.78, 5) is 16.5. The quantitative estimate of drug-likeness (QED) is 0.912. The van der Waals surface area contributed by atoms with Crippen LogP contribution in [-0.2, 0) is 0 Å². The van der Waals surface area contributed by atoms with Gasteiger partial charge in [-0.15, -0.1) is 0 Å². The molecule has 1 aliphatic rings. The molecule has 110 valence electrons. The molecular weight excluding hydrogens is 318 g/mol. The Morgan fingerprint density at radius 2 is 1.85 bits per heavy atom. The molecule has 1 aromatic rings. The van der Waals surface area contributed by atoms with Gasteiger partial charge in [0.15, 0.2) is 0 Å². The van der Waals surface area contributed by atoms with Crippen LogP contribution >= 0.6 is 15.9 Å². The van der Waals surface area contributed by atoms with Crippen LogP contribution in [-0.4, -0.2) is 48.6 Å². The number of hydrogen-bond acceptors (Lipinski definition) is 2. The predicted molar refractivity (Wildman–Crippen MR) is 86.1 cm³/mol. The van der Waals surface area contributed by atoms with Gasteiger partial charge < -0.3 is 10.2 Å². The Labute approximate surface area is 129 Å². The number of amides is 2. The van der Waals surface area contributed by atoms with Crippen molar-refractivity contribution >= 4 is 27.6 Å². The van der Waals surface area contributed by atoms with Crippen molar-refractivity contribution in [3.63, 3.8) is 0 Å². The van der Waals surface area contributed by atoms with Gasteiger partial charge in [0.2, 0.25) is 0 Å². The van der Waals surface area contributed by atoms with Gasteiger partial charge in [0.1, 0.15) is 0 Å². The van der Waals surface area contributed by atoms with Crippen molar-refractivity contribution in [1.82, 2.24) is 9.80 Å². The van der Waals surface area contributed by atoms with E-state index in [2.05, 4.69) is 33.1 Å². The average molecular weight is 340 g/mol. The van der Waals surface area contributed by atoms with Crippen LogP contribution in [0.4, 0.5) is 10.5 Å². The van der Waals surface area contributed by atoms with Crippen molar-refractivity contribution in [3.8, 4) is 0 Å². The number of urea groups is 1. The van der Waals surface area contributed by atoms with E-state index in [-0.39, 0.29) is 6.03 Å². The summed E-state index contributed by atoms with van der Waals surface area (Å²) in [6, 6.07) is 7.66. The zero-order valence-electron chi connectivity index (χ0n) is 11.9. The first-order chi connectivity index (χ1) is 9.69. The zero-order chi connectivity index (χ0) is 14.4. The van der Waals surface area contributed by atoms with Crippen LogP contribution in [0.15, 0.2) is 28.7 Å². The molecule has 1 fully saturated rings.